The molecule has 1 aliphatic heterocycles. The van der Waals surface area contributed by atoms with Crippen LogP contribution < -0.4 is 10.1 Å². The first-order valence-corrected chi connectivity index (χ1v) is 10.4. The number of nitrogens with zero attached hydrogens (tertiary/aromatic N) is 1. The van der Waals surface area contributed by atoms with Crippen molar-refractivity contribution in [2.24, 2.45) is 5.92 Å². The highest BCUT2D eigenvalue weighted by atomic mass is 35.5. The topological polar surface area (TPSA) is 75.7 Å². The number of carbonyl (C=O) groups is 1. The second-order valence-electron chi connectivity index (χ2n) is 5.99. The maximum absolute atomic E-state index is 13.0. The summed E-state index contributed by atoms with van der Waals surface area (Å²) in [6.07, 6.45) is 1.91. The van der Waals surface area contributed by atoms with Gasteiger partial charge in [0.2, 0.25) is 15.9 Å². The molecule has 6 nitrogen and oxygen atoms in total. The lowest BCUT2D eigenvalue weighted by molar-refractivity contribution is -0.126. The van der Waals surface area contributed by atoms with Gasteiger partial charge in [0, 0.05) is 30.6 Å². The van der Waals surface area contributed by atoms with Crippen LogP contribution in [0.4, 0.5) is 0 Å². The van der Waals surface area contributed by atoms with Gasteiger partial charge in [0.25, 0.3) is 0 Å². The smallest absolute Gasteiger partial charge is 0.246 e. The summed E-state index contributed by atoms with van der Waals surface area (Å²) in [6.45, 7) is 5.43. The van der Waals surface area contributed by atoms with E-state index in [1.165, 1.54) is 10.4 Å². The third-order valence-electron chi connectivity index (χ3n) is 4.20. The number of nitrogens with one attached hydrogen (secondary N) is 1. The minimum Gasteiger partial charge on any atom is -0.492 e. The monoisotopic (exact) mass is 388 g/mol. The van der Waals surface area contributed by atoms with Crippen LogP contribution in [0, 0.1) is 5.92 Å². The van der Waals surface area contributed by atoms with Crippen molar-refractivity contribution >= 4 is 27.5 Å². The van der Waals surface area contributed by atoms with Crippen LogP contribution in [0.1, 0.15) is 33.1 Å². The molecule has 0 radical (unpaired) electrons. The van der Waals surface area contributed by atoms with Crippen LogP contribution in [0.2, 0.25) is 5.02 Å². The highest BCUT2D eigenvalue weighted by molar-refractivity contribution is 7.89. The fourth-order valence-corrected chi connectivity index (χ4v) is 4.71. The molecule has 0 spiro atoms. The van der Waals surface area contributed by atoms with E-state index in [1.807, 2.05) is 6.92 Å². The average Bonchev–Trinajstić information content (AvgIpc) is 2.61. The predicted molar refractivity (Wildman–Crippen MR) is 97.4 cm³/mol. The van der Waals surface area contributed by atoms with Gasteiger partial charge in [0.15, 0.2) is 0 Å². The summed E-state index contributed by atoms with van der Waals surface area (Å²) in [5, 5.41) is 3.22. The quantitative estimate of drug-likeness (QED) is 0.779. The van der Waals surface area contributed by atoms with Gasteiger partial charge in [-0.3, -0.25) is 4.79 Å². The van der Waals surface area contributed by atoms with Gasteiger partial charge in [-0.05, 0) is 44.4 Å². The molecule has 0 saturated carbocycles. The number of hydrogen-bond acceptors (Lipinski definition) is 4. The zero-order valence-electron chi connectivity index (χ0n) is 14.6. The van der Waals surface area contributed by atoms with Crippen molar-refractivity contribution < 1.29 is 17.9 Å². The Labute approximate surface area is 154 Å². The van der Waals surface area contributed by atoms with Crippen LogP contribution in [0.25, 0.3) is 0 Å². The molecular weight excluding hydrogens is 364 g/mol. The minimum absolute atomic E-state index is 0.0108. The van der Waals surface area contributed by atoms with Gasteiger partial charge >= 0.3 is 0 Å². The molecule has 1 aromatic carbocycles. The standard InChI is InChI=1S/C17H25ClN2O4S/c1-3-9-19-17(21)13-7-10-20(11-8-13)25(22,23)16-12-14(18)5-6-15(16)24-4-2/h5-6,12-13H,3-4,7-11H2,1-2H3,(H,19,21). The second kappa shape index (κ2) is 8.87. The molecule has 140 valence electrons. The van der Waals surface area contributed by atoms with E-state index in [9.17, 15) is 13.2 Å². The van der Waals surface area contributed by atoms with E-state index in [0.29, 0.717) is 49.9 Å². The van der Waals surface area contributed by atoms with E-state index < -0.39 is 10.0 Å². The average molecular weight is 389 g/mol. The van der Waals surface area contributed by atoms with Crippen molar-refractivity contribution in [3.8, 4) is 5.75 Å². The van der Waals surface area contributed by atoms with Gasteiger partial charge < -0.3 is 10.1 Å². The van der Waals surface area contributed by atoms with Crippen molar-refractivity contribution in [2.45, 2.75) is 38.0 Å². The highest BCUT2D eigenvalue weighted by Crippen LogP contribution is 2.32. The molecule has 0 bridgehead atoms. The van der Waals surface area contributed by atoms with Gasteiger partial charge in [0.05, 0.1) is 6.61 Å². The van der Waals surface area contributed by atoms with Crippen molar-refractivity contribution in [1.29, 1.82) is 0 Å². The third-order valence-corrected chi connectivity index (χ3v) is 6.35. The van der Waals surface area contributed by atoms with E-state index in [0.717, 1.165) is 6.42 Å². The molecule has 8 heteroatoms. The fraction of sp³-hybridized carbons (Fsp3) is 0.588. The summed E-state index contributed by atoms with van der Waals surface area (Å²) in [5.41, 5.74) is 0. The zero-order valence-corrected chi connectivity index (χ0v) is 16.2. The van der Waals surface area contributed by atoms with Gasteiger partial charge in [-0.1, -0.05) is 18.5 Å². The van der Waals surface area contributed by atoms with Crippen LogP contribution in [-0.4, -0.2) is 44.9 Å². The number of ether oxygens (including phenoxy) is 1. The Bertz CT molecular complexity index is 701. The number of rotatable bonds is 7. The van der Waals surface area contributed by atoms with Crippen LogP contribution in [0.3, 0.4) is 0 Å². The first-order chi connectivity index (χ1) is 11.9. The Morgan fingerprint density at radius 1 is 1.32 bits per heavy atom. The van der Waals surface area contributed by atoms with Crippen LogP contribution >= 0.6 is 11.6 Å². The molecule has 2 rings (SSSR count). The Hall–Kier alpha value is -1.31. The fourth-order valence-electron chi connectivity index (χ4n) is 2.85. The highest BCUT2D eigenvalue weighted by Gasteiger charge is 2.33. The summed E-state index contributed by atoms with van der Waals surface area (Å²) in [4.78, 5) is 12.1. The molecule has 0 aliphatic carbocycles. The lowest BCUT2D eigenvalue weighted by Gasteiger charge is -2.31. The Kier molecular flexibility index (Phi) is 7.10. The molecule has 25 heavy (non-hydrogen) atoms. The number of sulfonamides is 1. The van der Waals surface area contributed by atoms with E-state index in [4.69, 9.17) is 16.3 Å². The summed E-state index contributed by atoms with van der Waals surface area (Å²) in [6, 6.07) is 4.60. The zero-order chi connectivity index (χ0) is 18.4. The molecular formula is C17H25ClN2O4S. The SMILES string of the molecule is CCCNC(=O)C1CCN(S(=O)(=O)c2cc(Cl)ccc2OCC)CC1. The number of amides is 1. The van der Waals surface area contributed by atoms with Crippen LogP contribution in [0.15, 0.2) is 23.1 Å². The molecule has 1 saturated heterocycles. The van der Waals surface area contributed by atoms with Gasteiger partial charge in [0.1, 0.15) is 10.6 Å². The maximum Gasteiger partial charge on any atom is 0.246 e. The number of benzene rings is 1. The summed E-state index contributed by atoms with van der Waals surface area (Å²) in [7, 11) is -3.71. The summed E-state index contributed by atoms with van der Waals surface area (Å²) < 4.78 is 32.8. The van der Waals surface area contributed by atoms with Crippen molar-refractivity contribution in [2.75, 3.05) is 26.2 Å². The van der Waals surface area contributed by atoms with Gasteiger partial charge in [-0.15, -0.1) is 0 Å². The number of piperidine rings is 1. The van der Waals surface area contributed by atoms with E-state index in [-0.39, 0.29) is 16.7 Å². The first kappa shape index (κ1) is 20.0. The molecule has 1 aliphatic rings. The number of halogens is 1. The lowest BCUT2D eigenvalue weighted by Crippen LogP contribution is -2.43. The van der Waals surface area contributed by atoms with Crippen LogP contribution in [-0.2, 0) is 14.8 Å². The predicted octanol–water partition coefficient (Wildman–Crippen LogP) is 2.67. The number of hydrogen-bond donors (Lipinski definition) is 1. The van der Waals surface area contributed by atoms with Crippen molar-refractivity contribution in [3.05, 3.63) is 23.2 Å². The molecule has 1 N–H and O–H groups in total. The van der Waals surface area contributed by atoms with E-state index in [2.05, 4.69) is 5.32 Å². The molecule has 0 atom stereocenters. The third kappa shape index (κ3) is 4.86. The largest absolute Gasteiger partial charge is 0.492 e. The van der Waals surface area contributed by atoms with E-state index >= 15 is 0 Å². The normalized spacial score (nSPS) is 16.6. The molecule has 1 amide bonds. The molecule has 1 heterocycles. The Balaban J connectivity index is 2.12. The summed E-state index contributed by atoms with van der Waals surface area (Å²) >= 11 is 5.98. The summed E-state index contributed by atoms with van der Waals surface area (Å²) in [5.74, 6) is 0.176. The lowest BCUT2D eigenvalue weighted by atomic mass is 9.97. The Morgan fingerprint density at radius 3 is 2.60 bits per heavy atom. The van der Waals surface area contributed by atoms with Gasteiger partial charge in [-0.2, -0.15) is 4.31 Å². The Morgan fingerprint density at radius 2 is 2.00 bits per heavy atom. The van der Waals surface area contributed by atoms with Crippen molar-refractivity contribution in [3.63, 3.8) is 0 Å². The molecule has 1 fully saturated rings. The maximum atomic E-state index is 13.0. The second-order valence-corrected chi connectivity index (χ2v) is 8.34. The first-order valence-electron chi connectivity index (χ1n) is 8.60. The van der Waals surface area contributed by atoms with Crippen molar-refractivity contribution in [1.82, 2.24) is 9.62 Å². The van der Waals surface area contributed by atoms with Crippen LogP contribution in [0.5, 0.6) is 5.75 Å². The minimum atomic E-state index is -3.71. The molecule has 1 aromatic rings. The van der Waals surface area contributed by atoms with E-state index in [1.54, 1.807) is 19.1 Å². The van der Waals surface area contributed by atoms with Gasteiger partial charge in [-0.25, -0.2) is 8.42 Å². The molecule has 0 aromatic heterocycles. The number of carbonyl (C=O) groups excluding carboxylic acids is 1. The molecule has 0 unspecified atom stereocenters.